The number of hydrogen-bond acceptors (Lipinski definition) is 4. The number of ether oxygens (including phenoxy) is 1. The zero-order chi connectivity index (χ0) is 15.1. The van der Waals surface area contributed by atoms with E-state index in [1.807, 2.05) is 30.3 Å². The van der Waals surface area contributed by atoms with Crippen molar-refractivity contribution in [3.63, 3.8) is 0 Å². The van der Waals surface area contributed by atoms with Crippen molar-refractivity contribution in [3.05, 3.63) is 35.9 Å². The molecule has 1 aromatic rings. The van der Waals surface area contributed by atoms with Gasteiger partial charge < -0.3 is 20.7 Å². The first-order chi connectivity index (χ1) is 10.2. The van der Waals surface area contributed by atoms with Gasteiger partial charge in [-0.1, -0.05) is 30.3 Å². The molecule has 114 valence electrons. The Morgan fingerprint density at radius 3 is 2.86 bits per heavy atom. The summed E-state index contributed by atoms with van der Waals surface area (Å²) in [7, 11) is 0. The number of rotatable bonds is 6. The van der Waals surface area contributed by atoms with Crippen LogP contribution < -0.4 is 11.1 Å². The van der Waals surface area contributed by atoms with Crippen molar-refractivity contribution < 1.29 is 14.3 Å². The van der Waals surface area contributed by atoms with Gasteiger partial charge in [0.05, 0.1) is 6.61 Å². The minimum Gasteiger partial charge on any atom is -0.369 e. The molecular weight excluding hydrogens is 270 g/mol. The number of hydrogen-bond donors (Lipinski definition) is 2. The Labute approximate surface area is 124 Å². The lowest BCUT2D eigenvalue weighted by Gasteiger charge is -2.34. The Hall–Kier alpha value is -1.92. The summed E-state index contributed by atoms with van der Waals surface area (Å²) in [5.74, 6) is -0.350. The minimum atomic E-state index is -0.579. The Kier molecular flexibility index (Phi) is 5.71. The maximum absolute atomic E-state index is 12.2. The number of nitrogens with two attached hydrogens (primary N) is 1. The molecule has 0 aromatic heterocycles. The van der Waals surface area contributed by atoms with Crippen molar-refractivity contribution in [1.82, 2.24) is 10.2 Å². The van der Waals surface area contributed by atoms with Crippen LogP contribution in [0.1, 0.15) is 12.0 Å². The molecule has 6 heteroatoms. The highest BCUT2D eigenvalue weighted by Crippen LogP contribution is 2.13. The van der Waals surface area contributed by atoms with Gasteiger partial charge in [-0.15, -0.1) is 0 Å². The van der Waals surface area contributed by atoms with E-state index in [1.165, 1.54) is 0 Å². The number of amides is 2. The van der Waals surface area contributed by atoms with E-state index in [0.29, 0.717) is 26.1 Å². The van der Waals surface area contributed by atoms with Crippen LogP contribution >= 0.6 is 0 Å². The molecule has 1 aromatic carbocycles. The molecule has 2 amide bonds. The molecule has 0 spiro atoms. The Morgan fingerprint density at radius 2 is 2.14 bits per heavy atom. The van der Waals surface area contributed by atoms with E-state index in [0.717, 1.165) is 5.56 Å². The summed E-state index contributed by atoms with van der Waals surface area (Å²) >= 11 is 0. The second-order valence-electron chi connectivity index (χ2n) is 4.97. The zero-order valence-corrected chi connectivity index (χ0v) is 12.0. The lowest BCUT2D eigenvalue weighted by atomic mass is 10.1. The smallest absolute Gasteiger partial charge is 0.249 e. The van der Waals surface area contributed by atoms with Crippen molar-refractivity contribution >= 4 is 11.8 Å². The van der Waals surface area contributed by atoms with Crippen LogP contribution in [0.5, 0.6) is 0 Å². The van der Waals surface area contributed by atoms with E-state index in [1.54, 1.807) is 4.90 Å². The van der Waals surface area contributed by atoms with Gasteiger partial charge in [-0.25, -0.2) is 0 Å². The van der Waals surface area contributed by atoms with Crippen LogP contribution in [0.25, 0.3) is 0 Å². The van der Waals surface area contributed by atoms with Gasteiger partial charge in [-0.3, -0.25) is 9.59 Å². The standard InChI is InChI=1S/C15H21N3O3/c16-7-4-8-17-15(20)13-10-21-11-14(19)18(13)9-12-5-2-1-3-6-12/h1-3,5-6,13H,4,7-11,16H2,(H,17,20)/t13-/m1/s1. The SMILES string of the molecule is NCCCNC(=O)[C@H]1COCC(=O)N1Cc1ccccc1. The number of carbonyl (C=O) groups excluding carboxylic acids is 2. The quantitative estimate of drug-likeness (QED) is 0.716. The van der Waals surface area contributed by atoms with E-state index in [4.69, 9.17) is 10.5 Å². The third kappa shape index (κ3) is 4.27. The fourth-order valence-corrected chi connectivity index (χ4v) is 2.23. The molecule has 1 saturated heterocycles. The average molecular weight is 291 g/mol. The summed E-state index contributed by atoms with van der Waals surface area (Å²) in [6.45, 7) is 1.71. The second-order valence-corrected chi connectivity index (χ2v) is 4.97. The largest absolute Gasteiger partial charge is 0.369 e. The van der Waals surface area contributed by atoms with Crippen molar-refractivity contribution in [2.24, 2.45) is 5.73 Å². The van der Waals surface area contributed by atoms with E-state index in [-0.39, 0.29) is 25.0 Å². The molecular formula is C15H21N3O3. The first-order valence-corrected chi connectivity index (χ1v) is 7.11. The summed E-state index contributed by atoms with van der Waals surface area (Å²) < 4.78 is 5.21. The third-order valence-corrected chi connectivity index (χ3v) is 3.38. The monoisotopic (exact) mass is 291 g/mol. The predicted molar refractivity (Wildman–Crippen MR) is 78.3 cm³/mol. The summed E-state index contributed by atoms with van der Waals surface area (Å²) in [5, 5.41) is 2.80. The number of carbonyl (C=O) groups is 2. The first kappa shape index (κ1) is 15.5. The summed E-state index contributed by atoms with van der Waals surface area (Å²) in [6, 6.07) is 9.04. The maximum Gasteiger partial charge on any atom is 0.249 e. The molecule has 1 aliphatic heterocycles. The van der Waals surface area contributed by atoms with E-state index < -0.39 is 6.04 Å². The van der Waals surface area contributed by atoms with Crippen molar-refractivity contribution in [2.45, 2.75) is 19.0 Å². The number of benzene rings is 1. The highest BCUT2D eigenvalue weighted by Gasteiger charge is 2.33. The van der Waals surface area contributed by atoms with Gasteiger partial charge in [0.2, 0.25) is 11.8 Å². The van der Waals surface area contributed by atoms with Crippen molar-refractivity contribution in [2.75, 3.05) is 26.3 Å². The third-order valence-electron chi connectivity index (χ3n) is 3.38. The fourth-order valence-electron chi connectivity index (χ4n) is 2.23. The van der Waals surface area contributed by atoms with Gasteiger partial charge in [-0.05, 0) is 18.5 Å². The summed E-state index contributed by atoms with van der Waals surface area (Å²) in [6.07, 6.45) is 0.714. The lowest BCUT2D eigenvalue weighted by molar-refractivity contribution is -0.155. The Morgan fingerprint density at radius 1 is 1.38 bits per heavy atom. The van der Waals surface area contributed by atoms with Crippen LogP contribution in [0, 0.1) is 0 Å². The molecule has 0 saturated carbocycles. The van der Waals surface area contributed by atoms with Crippen LogP contribution in [0.3, 0.4) is 0 Å². The van der Waals surface area contributed by atoms with Crippen LogP contribution in [0.2, 0.25) is 0 Å². The molecule has 2 rings (SSSR count). The molecule has 6 nitrogen and oxygen atoms in total. The van der Waals surface area contributed by atoms with Crippen LogP contribution in [0.15, 0.2) is 30.3 Å². The fraction of sp³-hybridized carbons (Fsp3) is 0.467. The minimum absolute atomic E-state index is 0.0272. The van der Waals surface area contributed by atoms with Crippen molar-refractivity contribution in [1.29, 1.82) is 0 Å². The van der Waals surface area contributed by atoms with Gasteiger partial charge in [0.1, 0.15) is 12.6 Å². The second kappa shape index (κ2) is 7.75. The molecule has 1 fully saturated rings. The molecule has 1 atom stereocenters. The molecule has 0 aliphatic carbocycles. The number of morpholine rings is 1. The predicted octanol–water partition coefficient (Wildman–Crippen LogP) is -0.121. The lowest BCUT2D eigenvalue weighted by Crippen LogP contribution is -2.56. The highest BCUT2D eigenvalue weighted by molar-refractivity contribution is 5.89. The molecule has 1 aliphatic rings. The zero-order valence-electron chi connectivity index (χ0n) is 12.0. The maximum atomic E-state index is 12.2. The van der Waals surface area contributed by atoms with Gasteiger partial charge >= 0.3 is 0 Å². The number of nitrogens with one attached hydrogen (secondary N) is 1. The van der Waals surface area contributed by atoms with Gasteiger partial charge in [0.15, 0.2) is 0 Å². The Balaban J connectivity index is 2.02. The molecule has 0 radical (unpaired) electrons. The molecule has 0 unspecified atom stereocenters. The first-order valence-electron chi connectivity index (χ1n) is 7.11. The van der Waals surface area contributed by atoms with E-state index in [2.05, 4.69) is 5.32 Å². The average Bonchev–Trinajstić information content (AvgIpc) is 2.50. The van der Waals surface area contributed by atoms with E-state index in [9.17, 15) is 9.59 Å². The summed E-state index contributed by atoms with van der Waals surface area (Å²) in [5.41, 5.74) is 6.40. The van der Waals surface area contributed by atoms with Crippen LogP contribution in [-0.4, -0.2) is 49.1 Å². The van der Waals surface area contributed by atoms with Crippen LogP contribution in [-0.2, 0) is 20.9 Å². The van der Waals surface area contributed by atoms with Crippen molar-refractivity contribution in [3.8, 4) is 0 Å². The van der Waals surface area contributed by atoms with Gasteiger partial charge in [0, 0.05) is 13.1 Å². The molecule has 3 N–H and O–H groups in total. The highest BCUT2D eigenvalue weighted by atomic mass is 16.5. The van der Waals surface area contributed by atoms with Gasteiger partial charge in [-0.2, -0.15) is 0 Å². The summed E-state index contributed by atoms with van der Waals surface area (Å²) in [4.78, 5) is 25.8. The normalized spacial score (nSPS) is 18.6. The van der Waals surface area contributed by atoms with Gasteiger partial charge in [0.25, 0.3) is 0 Å². The topological polar surface area (TPSA) is 84.7 Å². The molecule has 21 heavy (non-hydrogen) atoms. The van der Waals surface area contributed by atoms with Crippen LogP contribution in [0.4, 0.5) is 0 Å². The number of nitrogens with zero attached hydrogens (tertiary/aromatic N) is 1. The molecule has 0 bridgehead atoms. The van der Waals surface area contributed by atoms with E-state index >= 15 is 0 Å². The molecule has 1 heterocycles. The Bertz CT molecular complexity index is 478.